The summed E-state index contributed by atoms with van der Waals surface area (Å²) in [6, 6.07) is 22.4. The van der Waals surface area contributed by atoms with Crippen molar-refractivity contribution in [2.75, 3.05) is 24.3 Å². The normalized spacial score (nSPS) is 12.3. The number of nitrogens with zero attached hydrogens (tertiary/aromatic N) is 1. The monoisotopic (exact) mass is 605 g/mol. The number of carboxylic acids is 1. The number of ether oxygens (including phenoxy) is 1. The standard InChI is InChI=1S/C28H32N2O4S.C5H9N.C2H6/c1-3-20(2)25-6-4-5-7-26(25)29-23-12-8-21(9-13-23)18-27(31)30(19-35)16-17-34-24-14-10-22(11-15-24)28(32)33;6-4-5-2-1-3-5;1-2/h4-15,20,29,35H,3,16-19H2,1-2H3,(H,32,33);4H,1-3,6H2;1-2H3. The molecule has 3 aromatic rings. The summed E-state index contributed by atoms with van der Waals surface area (Å²) in [6.45, 7) is 9.08. The molecule has 43 heavy (non-hydrogen) atoms. The number of anilines is 2. The van der Waals surface area contributed by atoms with Crippen LogP contribution < -0.4 is 15.8 Å². The Balaban J connectivity index is 0.000000706. The number of amides is 1. The van der Waals surface area contributed by atoms with Gasteiger partial charge in [0.1, 0.15) is 12.4 Å². The molecule has 1 saturated carbocycles. The van der Waals surface area contributed by atoms with Crippen molar-refractivity contribution in [2.24, 2.45) is 5.73 Å². The zero-order valence-electron chi connectivity index (χ0n) is 25.9. The first-order valence-electron chi connectivity index (χ1n) is 15.0. The molecule has 232 valence electrons. The molecule has 0 heterocycles. The zero-order valence-corrected chi connectivity index (χ0v) is 26.8. The van der Waals surface area contributed by atoms with Crippen molar-refractivity contribution in [3.63, 3.8) is 0 Å². The maximum Gasteiger partial charge on any atom is 0.335 e. The van der Waals surface area contributed by atoms with Gasteiger partial charge in [-0.15, -0.1) is 0 Å². The minimum Gasteiger partial charge on any atom is -0.492 e. The summed E-state index contributed by atoms with van der Waals surface area (Å²) in [4.78, 5) is 25.3. The third-order valence-electron chi connectivity index (χ3n) is 7.18. The third kappa shape index (κ3) is 11.7. The number of nitrogens with two attached hydrogens (primary N) is 1. The lowest BCUT2D eigenvalue weighted by atomic mass is 9.94. The van der Waals surface area contributed by atoms with Crippen LogP contribution in [0.1, 0.15) is 80.8 Å². The van der Waals surface area contributed by atoms with E-state index in [0.717, 1.165) is 23.4 Å². The van der Waals surface area contributed by atoms with Crippen LogP contribution in [0.2, 0.25) is 0 Å². The second kappa shape index (κ2) is 19.3. The van der Waals surface area contributed by atoms with Crippen LogP contribution in [0.3, 0.4) is 0 Å². The lowest BCUT2D eigenvalue weighted by Crippen LogP contribution is -2.34. The summed E-state index contributed by atoms with van der Waals surface area (Å²) in [5.41, 5.74) is 11.1. The van der Waals surface area contributed by atoms with E-state index in [2.05, 4.69) is 50.0 Å². The SMILES string of the molecule is CC.CCC(C)c1ccccc1Nc1ccc(CC(=O)N(CS)CCOc2ccc(C(=O)O)cc2)cc1.NC=C1CCC1. The molecule has 0 bridgehead atoms. The molecule has 1 amide bonds. The number of thiol groups is 1. The van der Waals surface area contributed by atoms with Gasteiger partial charge in [-0.05, 0) is 91.4 Å². The Morgan fingerprint density at radius 3 is 2.21 bits per heavy atom. The van der Waals surface area contributed by atoms with Gasteiger partial charge in [-0.1, -0.05) is 63.6 Å². The molecule has 0 aromatic heterocycles. The summed E-state index contributed by atoms with van der Waals surface area (Å²) >= 11 is 4.30. The van der Waals surface area contributed by atoms with Crippen LogP contribution in [0.5, 0.6) is 5.75 Å². The van der Waals surface area contributed by atoms with E-state index in [1.807, 2.05) is 44.2 Å². The number of nitrogens with one attached hydrogen (secondary N) is 1. The maximum absolute atomic E-state index is 12.8. The van der Waals surface area contributed by atoms with E-state index in [-0.39, 0.29) is 30.4 Å². The van der Waals surface area contributed by atoms with Gasteiger partial charge in [0.25, 0.3) is 0 Å². The lowest BCUT2D eigenvalue weighted by molar-refractivity contribution is -0.129. The van der Waals surface area contributed by atoms with Gasteiger partial charge in [0.05, 0.1) is 24.4 Å². The van der Waals surface area contributed by atoms with Crippen molar-refractivity contribution in [3.8, 4) is 5.75 Å². The smallest absolute Gasteiger partial charge is 0.335 e. The Morgan fingerprint density at radius 2 is 1.70 bits per heavy atom. The van der Waals surface area contributed by atoms with Crippen LogP contribution in [-0.2, 0) is 11.2 Å². The highest BCUT2D eigenvalue weighted by Gasteiger charge is 2.14. The highest BCUT2D eigenvalue weighted by molar-refractivity contribution is 7.80. The second-order valence-corrected chi connectivity index (χ2v) is 10.3. The molecular weight excluding hydrogens is 558 g/mol. The summed E-state index contributed by atoms with van der Waals surface area (Å²) in [5.74, 6) is 0.290. The highest BCUT2D eigenvalue weighted by atomic mass is 32.1. The number of benzene rings is 3. The first-order chi connectivity index (χ1) is 20.8. The molecule has 0 aliphatic heterocycles. The van der Waals surface area contributed by atoms with E-state index in [0.29, 0.717) is 18.2 Å². The number of hydrogen-bond donors (Lipinski definition) is 4. The number of para-hydroxylation sites is 1. The third-order valence-corrected chi connectivity index (χ3v) is 7.52. The van der Waals surface area contributed by atoms with E-state index < -0.39 is 5.97 Å². The number of hydrogen-bond acceptors (Lipinski definition) is 6. The fraction of sp³-hybridized carbons (Fsp3) is 0.371. The first kappa shape index (κ1) is 35.3. The van der Waals surface area contributed by atoms with Gasteiger partial charge < -0.3 is 25.8 Å². The van der Waals surface area contributed by atoms with E-state index in [1.165, 1.54) is 42.5 Å². The Hall–Kier alpha value is -3.91. The van der Waals surface area contributed by atoms with Crippen LogP contribution in [0.25, 0.3) is 0 Å². The molecule has 8 heteroatoms. The van der Waals surface area contributed by atoms with E-state index in [9.17, 15) is 9.59 Å². The van der Waals surface area contributed by atoms with Crippen molar-refractivity contribution >= 4 is 35.9 Å². The van der Waals surface area contributed by atoms with Gasteiger partial charge >= 0.3 is 5.97 Å². The van der Waals surface area contributed by atoms with Gasteiger partial charge in [0, 0.05) is 11.4 Å². The number of carboxylic acid groups (broad SMARTS) is 1. The van der Waals surface area contributed by atoms with Crippen LogP contribution in [0.15, 0.2) is 84.6 Å². The van der Waals surface area contributed by atoms with Gasteiger partial charge in [0.2, 0.25) is 5.91 Å². The summed E-state index contributed by atoms with van der Waals surface area (Å²) < 4.78 is 5.65. The van der Waals surface area contributed by atoms with Gasteiger partial charge in [-0.3, -0.25) is 4.79 Å². The average molecular weight is 606 g/mol. The van der Waals surface area contributed by atoms with E-state index >= 15 is 0 Å². The second-order valence-electron chi connectivity index (χ2n) is 10.1. The Bertz CT molecular complexity index is 1290. The summed E-state index contributed by atoms with van der Waals surface area (Å²) in [6.07, 6.45) is 6.92. The maximum atomic E-state index is 12.8. The van der Waals surface area contributed by atoms with Crippen LogP contribution in [0.4, 0.5) is 11.4 Å². The van der Waals surface area contributed by atoms with Gasteiger partial charge in [-0.25, -0.2) is 4.79 Å². The average Bonchev–Trinajstić information content (AvgIpc) is 3.01. The topological polar surface area (TPSA) is 105 Å². The summed E-state index contributed by atoms with van der Waals surface area (Å²) in [7, 11) is 0. The Labute approximate surface area is 262 Å². The molecule has 0 saturated heterocycles. The summed E-state index contributed by atoms with van der Waals surface area (Å²) in [5, 5.41) is 12.5. The molecule has 4 rings (SSSR count). The molecular formula is C35H47N3O4S. The number of carbonyl (C=O) groups excluding carboxylic acids is 1. The number of carbonyl (C=O) groups is 2. The molecule has 4 N–H and O–H groups in total. The number of allylic oxidation sites excluding steroid dienone is 1. The van der Waals surface area contributed by atoms with E-state index in [4.69, 9.17) is 15.6 Å². The van der Waals surface area contributed by atoms with Crippen LogP contribution in [0, 0.1) is 0 Å². The molecule has 7 nitrogen and oxygen atoms in total. The predicted molar refractivity (Wildman–Crippen MR) is 181 cm³/mol. The highest BCUT2D eigenvalue weighted by Crippen LogP contribution is 2.29. The van der Waals surface area contributed by atoms with Gasteiger partial charge in [-0.2, -0.15) is 12.6 Å². The molecule has 3 aromatic carbocycles. The molecule has 1 atom stereocenters. The first-order valence-corrected chi connectivity index (χ1v) is 15.7. The fourth-order valence-electron chi connectivity index (χ4n) is 4.20. The molecule has 1 fully saturated rings. The molecule has 0 spiro atoms. The Kier molecular flexibility index (Phi) is 15.8. The van der Waals surface area contributed by atoms with E-state index in [1.54, 1.807) is 23.2 Å². The molecule has 1 unspecified atom stereocenters. The predicted octanol–water partition coefficient (Wildman–Crippen LogP) is 8.02. The van der Waals surface area contributed by atoms with Crippen molar-refractivity contribution in [1.29, 1.82) is 0 Å². The quantitative estimate of drug-likeness (QED) is 0.123. The van der Waals surface area contributed by atoms with Crippen molar-refractivity contribution in [2.45, 2.75) is 65.7 Å². The van der Waals surface area contributed by atoms with Crippen molar-refractivity contribution < 1.29 is 19.4 Å². The van der Waals surface area contributed by atoms with Crippen LogP contribution in [-0.4, -0.2) is 40.9 Å². The zero-order chi connectivity index (χ0) is 31.6. The molecule has 0 radical (unpaired) electrons. The van der Waals surface area contributed by atoms with Gasteiger partial charge in [0.15, 0.2) is 0 Å². The lowest BCUT2D eigenvalue weighted by Gasteiger charge is -2.21. The van der Waals surface area contributed by atoms with Crippen molar-refractivity contribution in [1.82, 2.24) is 4.90 Å². The molecule has 1 aliphatic rings. The van der Waals surface area contributed by atoms with Crippen molar-refractivity contribution in [3.05, 3.63) is 101 Å². The largest absolute Gasteiger partial charge is 0.492 e. The number of rotatable bonds is 12. The molecule has 1 aliphatic carbocycles. The number of aromatic carboxylic acids is 1. The minimum absolute atomic E-state index is 0.0346. The fourth-order valence-corrected chi connectivity index (χ4v) is 4.50. The van der Waals surface area contributed by atoms with Crippen LogP contribution >= 0.6 is 12.6 Å². The Morgan fingerprint density at radius 1 is 1.05 bits per heavy atom. The minimum atomic E-state index is -0.983.